The lowest BCUT2D eigenvalue weighted by atomic mass is 10.2. The van der Waals surface area contributed by atoms with E-state index in [-0.39, 0.29) is 17.6 Å². The summed E-state index contributed by atoms with van der Waals surface area (Å²) in [5.41, 5.74) is 0.890. The second kappa shape index (κ2) is 6.17. The molecule has 8 heteroatoms. The number of nitrogens with one attached hydrogen (secondary N) is 1. The lowest BCUT2D eigenvalue weighted by molar-refractivity contribution is 0.471. The summed E-state index contributed by atoms with van der Waals surface area (Å²) in [5.74, 6) is 0.130. The van der Waals surface area contributed by atoms with Gasteiger partial charge in [0.2, 0.25) is 5.28 Å². The Morgan fingerprint density at radius 3 is 2.60 bits per heavy atom. The number of rotatable bonds is 5. The minimum Gasteiger partial charge on any atom is -0.254 e. The summed E-state index contributed by atoms with van der Waals surface area (Å²) < 4.78 is 27.8. The Hall–Kier alpha value is -1.70. The van der Waals surface area contributed by atoms with Crippen LogP contribution in [0.2, 0.25) is 5.28 Å². The molecule has 0 spiro atoms. The fourth-order valence-electron chi connectivity index (χ4n) is 1.53. The monoisotopic (exact) mass is 312 g/mol. The zero-order valence-corrected chi connectivity index (χ0v) is 12.3. The second-order valence-electron chi connectivity index (χ2n) is 4.06. The average Bonchev–Trinajstić information content (AvgIpc) is 2.39. The molecule has 6 nitrogen and oxygen atoms in total. The molecule has 0 bridgehead atoms. The van der Waals surface area contributed by atoms with Gasteiger partial charge in [0.15, 0.2) is 0 Å². The summed E-state index contributed by atoms with van der Waals surface area (Å²) in [6.45, 7) is 0.259. The number of aromatic nitrogens is 2. The predicted octanol–water partition coefficient (Wildman–Crippen LogP) is 1.92. The summed E-state index contributed by atoms with van der Waals surface area (Å²) in [5, 5.41) is -0.0177. The molecular weight excluding hydrogens is 300 g/mol. The average molecular weight is 313 g/mol. The highest BCUT2D eigenvalue weighted by atomic mass is 35.5. The van der Waals surface area contributed by atoms with E-state index in [2.05, 4.69) is 14.7 Å². The normalized spacial score (nSPS) is 11.6. The van der Waals surface area contributed by atoms with E-state index in [1.165, 1.54) is 23.6 Å². The van der Waals surface area contributed by atoms with Gasteiger partial charge in [-0.15, -0.1) is 0 Å². The Labute approximate surface area is 122 Å². The van der Waals surface area contributed by atoms with Gasteiger partial charge in [-0.2, -0.15) is 17.7 Å². The van der Waals surface area contributed by atoms with E-state index in [9.17, 15) is 8.42 Å². The van der Waals surface area contributed by atoms with Crippen molar-refractivity contribution < 1.29 is 8.42 Å². The summed E-state index contributed by atoms with van der Waals surface area (Å²) in [4.78, 5) is 7.47. The Morgan fingerprint density at radius 1 is 1.25 bits per heavy atom. The van der Waals surface area contributed by atoms with Crippen LogP contribution in [0.25, 0.3) is 0 Å². The third-order valence-corrected chi connectivity index (χ3v) is 4.12. The molecule has 1 aromatic heterocycles. The molecule has 106 valence electrons. The van der Waals surface area contributed by atoms with Crippen molar-refractivity contribution in [1.29, 1.82) is 0 Å². The molecule has 0 unspecified atom stereocenters. The van der Waals surface area contributed by atoms with Crippen molar-refractivity contribution in [2.75, 3.05) is 11.8 Å². The molecule has 0 amide bonds. The first-order valence-electron chi connectivity index (χ1n) is 5.74. The summed E-state index contributed by atoms with van der Waals surface area (Å²) in [6, 6.07) is 10.7. The fraction of sp³-hybridized carbons (Fsp3) is 0.167. The van der Waals surface area contributed by atoms with Gasteiger partial charge in [0.1, 0.15) is 5.82 Å². The minimum atomic E-state index is -3.69. The maximum absolute atomic E-state index is 12.1. The number of nitrogens with zero attached hydrogens (tertiary/aromatic N) is 3. The molecule has 0 saturated heterocycles. The molecule has 1 heterocycles. The van der Waals surface area contributed by atoms with Crippen LogP contribution in [0.3, 0.4) is 0 Å². The van der Waals surface area contributed by atoms with Gasteiger partial charge in [0.25, 0.3) is 0 Å². The molecule has 0 aliphatic rings. The second-order valence-corrected chi connectivity index (χ2v) is 6.18. The first-order chi connectivity index (χ1) is 9.47. The number of hydrogen-bond donors (Lipinski definition) is 1. The molecule has 20 heavy (non-hydrogen) atoms. The molecule has 0 aliphatic heterocycles. The Bertz CT molecular complexity index is 679. The summed E-state index contributed by atoms with van der Waals surface area (Å²) >= 11 is 5.61. The van der Waals surface area contributed by atoms with E-state index in [0.717, 1.165) is 5.56 Å². The van der Waals surface area contributed by atoms with E-state index in [0.29, 0.717) is 0 Å². The zero-order chi connectivity index (χ0) is 14.6. The minimum absolute atomic E-state index is 0.0177. The molecule has 0 saturated carbocycles. The molecule has 0 radical (unpaired) electrons. The molecular formula is C12H13ClN4O2S. The summed E-state index contributed by atoms with van der Waals surface area (Å²) in [7, 11) is -2.21. The summed E-state index contributed by atoms with van der Waals surface area (Å²) in [6.07, 6.45) is 1.38. The maximum atomic E-state index is 12.1. The van der Waals surface area contributed by atoms with Crippen molar-refractivity contribution in [2.45, 2.75) is 6.54 Å². The van der Waals surface area contributed by atoms with Crippen LogP contribution in [0.15, 0.2) is 42.6 Å². The molecule has 0 atom stereocenters. The number of anilines is 1. The Morgan fingerprint density at radius 2 is 1.95 bits per heavy atom. The Kier molecular flexibility index (Phi) is 4.53. The lowest BCUT2D eigenvalue weighted by Gasteiger charge is -2.17. The van der Waals surface area contributed by atoms with E-state index in [4.69, 9.17) is 11.6 Å². The van der Waals surface area contributed by atoms with Crippen LogP contribution in [-0.2, 0) is 16.8 Å². The lowest BCUT2D eigenvalue weighted by Crippen LogP contribution is -2.32. The van der Waals surface area contributed by atoms with Gasteiger partial charge in [0, 0.05) is 19.8 Å². The largest absolute Gasteiger partial charge is 0.302 e. The molecule has 0 aliphatic carbocycles. The zero-order valence-electron chi connectivity index (χ0n) is 10.7. The molecule has 1 aromatic carbocycles. The third kappa shape index (κ3) is 3.89. The number of hydrogen-bond acceptors (Lipinski definition) is 4. The van der Waals surface area contributed by atoms with Crippen LogP contribution in [0.1, 0.15) is 5.56 Å². The predicted molar refractivity (Wildman–Crippen MR) is 77.5 cm³/mol. The van der Waals surface area contributed by atoms with E-state index in [1.54, 1.807) is 0 Å². The standard InChI is InChI=1S/C12H13ClN4O2S/c1-17(9-10-5-3-2-4-6-10)20(18,19)16-11-7-8-14-12(13)15-11/h2-8H,9H2,1H3,(H,14,15,16). The van der Waals surface area contributed by atoms with Crippen LogP contribution in [-0.4, -0.2) is 29.7 Å². The fourth-order valence-corrected chi connectivity index (χ4v) is 2.53. The Balaban J connectivity index is 2.10. The van der Waals surface area contributed by atoms with Gasteiger partial charge in [-0.25, -0.2) is 4.98 Å². The van der Waals surface area contributed by atoms with Crippen LogP contribution < -0.4 is 4.72 Å². The molecule has 0 fully saturated rings. The molecule has 2 aromatic rings. The molecule has 1 N–H and O–H groups in total. The van der Waals surface area contributed by atoms with Crippen molar-refractivity contribution in [2.24, 2.45) is 0 Å². The van der Waals surface area contributed by atoms with Gasteiger partial charge < -0.3 is 0 Å². The highest BCUT2D eigenvalue weighted by Crippen LogP contribution is 2.12. The quantitative estimate of drug-likeness (QED) is 0.856. The van der Waals surface area contributed by atoms with Crippen molar-refractivity contribution in [1.82, 2.24) is 14.3 Å². The van der Waals surface area contributed by atoms with Crippen LogP contribution in [0.4, 0.5) is 5.82 Å². The molecule has 2 rings (SSSR count). The van der Waals surface area contributed by atoms with Crippen molar-refractivity contribution in [3.8, 4) is 0 Å². The van der Waals surface area contributed by atoms with Gasteiger partial charge in [-0.3, -0.25) is 4.72 Å². The van der Waals surface area contributed by atoms with E-state index >= 15 is 0 Å². The van der Waals surface area contributed by atoms with Crippen molar-refractivity contribution >= 4 is 27.6 Å². The van der Waals surface area contributed by atoms with Crippen molar-refractivity contribution in [3.63, 3.8) is 0 Å². The number of halogens is 1. The maximum Gasteiger partial charge on any atom is 0.302 e. The third-order valence-electron chi connectivity index (χ3n) is 2.52. The van der Waals surface area contributed by atoms with Gasteiger partial charge in [-0.1, -0.05) is 30.3 Å². The smallest absolute Gasteiger partial charge is 0.254 e. The first-order valence-corrected chi connectivity index (χ1v) is 7.56. The topological polar surface area (TPSA) is 75.2 Å². The van der Waals surface area contributed by atoms with Gasteiger partial charge in [-0.05, 0) is 23.2 Å². The van der Waals surface area contributed by atoms with Crippen molar-refractivity contribution in [3.05, 3.63) is 53.4 Å². The van der Waals surface area contributed by atoms with Crippen LogP contribution in [0.5, 0.6) is 0 Å². The van der Waals surface area contributed by atoms with Crippen LogP contribution >= 0.6 is 11.6 Å². The van der Waals surface area contributed by atoms with Gasteiger partial charge >= 0.3 is 10.2 Å². The van der Waals surface area contributed by atoms with Gasteiger partial charge in [0.05, 0.1) is 0 Å². The highest BCUT2D eigenvalue weighted by molar-refractivity contribution is 7.90. The SMILES string of the molecule is CN(Cc1ccccc1)S(=O)(=O)Nc1ccnc(Cl)n1. The highest BCUT2D eigenvalue weighted by Gasteiger charge is 2.18. The van der Waals surface area contributed by atoms with E-state index in [1.807, 2.05) is 30.3 Å². The number of benzene rings is 1. The van der Waals surface area contributed by atoms with Crippen LogP contribution in [0, 0.1) is 0 Å². The first kappa shape index (κ1) is 14.7. The van der Waals surface area contributed by atoms with E-state index < -0.39 is 10.2 Å².